The Kier molecular flexibility index (Phi) is 6.11. The van der Waals surface area contributed by atoms with Crippen LogP contribution in [-0.4, -0.2) is 23.1 Å². The molecule has 1 aromatic rings. The van der Waals surface area contributed by atoms with Crippen molar-refractivity contribution < 1.29 is 14.7 Å². The third-order valence-corrected chi connectivity index (χ3v) is 2.76. The molecule has 0 radical (unpaired) electrons. The monoisotopic (exact) mass is 274 g/mol. The summed E-state index contributed by atoms with van der Waals surface area (Å²) in [7, 11) is 0. The van der Waals surface area contributed by atoms with Crippen molar-refractivity contribution in [3.63, 3.8) is 0 Å². The predicted octanol–water partition coefficient (Wildman–Crippen LogP) is 2.24. The Hall–Kier alpha value is -2.48. The maximum absolute atomic E-state index is 11.7. The number of carbonyl (C=O) groups is 2. The molecule has 106 valence electrons. The molecule has 1 atom stereocenters. The molecule has 1 aromatic carbocycles. The van der Waals surface area contributed by atoms with Crippen LogP contribution in [-0.2, 0) is 11.2 Å². The van der Waals surface area contributed by atoms with Gasteiger partial charge in [0, 0.05) is 18.2 Å². The molecule has 5 nitrogen and oxygen atoms in total. The Labute approximate surface area is 118 Å². The SMILES string of the molecule is C#CCC(CC)NC(=O)Nc1ccc(CC(=O)O)cc1. The number of aliphatic carboxylic acids is 1. The van der Waals surface area contributed by atoms with Gasteiger partial charge in [-0.1, -0.05) is 19.1 Å². The highest BCUT2D eigenvalue weighted by Gasteiger charge is 2.09. The van der Waals surface area contributed by atoms with Crippen LogP contribution in [0.1, 0.15) is 25.3 Å². The average Bonchev–Trinajstić information content (AvgIpc) is 2.40. The van der Waals surface area contributed by atoms with Gasteiger partial charge in [0.05, 0.1) is 6.42 Å². The number of carboxylic acid groups (broad SMARTS) is 1. The number of anilines is 1. The molecule has 1 unspecified atom stereocenters. The lowest BCUT2D eigenvalue weighted by molar-refractivity contribution is -0.136. The van der Waals surface area contributed by atoms with E-state index in [0.29, 0.717) is 17.7 Å². The lowest BCUT2D eigenvalue weighted by Gasteiger charge is -2.15. The molecule has 0 aliphatic carbocycles. The van der Waals surface area contributed by atoms with Gasteiger partial charge < -0.3 is 15.7 Å². The van der Waals surface area contributed by atoms with Crippen molar-refractivity contribution in [1.82, 2.24) is 5.32 Å². The van der Waals surface area contributed by atoms with E-state index in [4.69, 9.17) is 11.5 Å². The molecule has 0 saturated carbocycles. The van der Waals surface area contributed by atoms with Crippen LogP contribution in [0.4, 0.5) is 10.5 Å². The van der Waals surface area contributed by atoms with E-state index in [1.54, 1.807) is 24.3 Å². The summed E-state index contributed by atoms with van der Waals surface area (Å²) in [6.45, 7) is 1.95. The summed E-state index contributed by atoms with van der Waals surface area (Å²) in [4.78, 5) is 22.3. The number of hydrogen-bond donors (Lipinski definition) is 3. The fraction of sp³-hybridized carbons (Fsp3) is 0.333. The van der Waals surface area contributed by atoms with Gasteiger partial charge >= 0.3 is 12.0 Å². The second-order valence-electron chi connectivity index (χ2n) is 4.38. The molecule has 0 aliphatic heterocycles. The molecule has 2 amide bonds. The highest BCUT2D eigenvalue weighted by Crippen LogP contribution is 2.10. The van der Waals surface area contributed by atoms with E-state index >= 15 is 0 Å². The Balaban J connectivity index is 2.53. The maximum atomic E-state index is 11.7. The summed E-state index contributed by atoms with van der Waals surface area (Å²) in [6, 6.07) is 6.30. The van der Waals surface area contributed by atoms with Gasteiger partial charge in [-0.15, -0.1) is 12.3 Å². The van der Waals surface area contributed by atoms with Crippen LogP contribution in [0.25, 0.3) is 0 Å². The number of rotatable bonds is 6. The van der Waals surface area contributed by atoms with Crippen LogP contribution in [0.15, 0.2) is 24.3 Å². The minimum absolute atomic E-state index is 0.0352. The van der Waals surface area contributed by atoms with Gasteiger partial charge in [0.25, 0.3) is 0 Å². The Morgan fingerprint density at radius 3 is 2.50 bits per heavy atom. The molecule has 1 rings (SSSR count). The van der Waals surface area contributed by atoms with Crippen molar-refractivity contribution in [2.75, 3.05) is 5.32 Å². The number of carboxylic acids is 1. The highest BCUT2D eigenvalue weighted by atomic mass is 16.4. The predicted molar refractivity (Wildman–Crippen MR) is 77.5 cm³/mol. The third-order valence-electron chi connectivity index (χ3n) is 2.76. The smallest absolute Gasteiger partial charge is 0.319 e. The molecule has 0 aromatic heterocycles. The van der Waals surface area contributed by atoms with Crippen LogP contribution in [0.2, 0.25) is 0 Å². The largest absolute Gasteiger partial charge is 0.481 e. The number of urea groups is 1. The number of carbonyl (C=O) groups excluding carboxylic acids is 1. The molecule has 0 heterocycles. The first-order valence-corrected chi connectivity index (χ1v) is 6.36. The van der Waals surface area contributed by atoms with Gasteiger partial charge in [-0.2, -0.15) is 0 Å². The Morgan fingerprint density at radius 2 is 2.00 bits per heavy atom. The van der Waals surface area contributed by atoms with Gasteiger partial charge in [-0.25, -0.2) is 4.79 Å². The number of benzene rings is 1. The Morgan fingerprint density at radius 1 is 1.35 bits per heavy atom. The first-order valence-electron chi connectivity index (χ1n) is 6.36. The second kappa shape index (κ2) is 7.85. The zero-order chi connectivity index (χ0) is 15.0. The summed E-state index contributed by atoms with van der Waals surface area (Å²) < 4.78 is 0. The van der Waals surface area contributed by atoms with Gasteiger partial charge in [-0.3, -0.25) is 4.79 Å². The highest BCUT2D eigenvalue weighted by molar-refractivity contribution is 5.89. The van der Waals surface area contributed by atoms with Crippen LogP contribution < -0.4 is 10.6 Å². The van der Waals surface area contributed by atoms with Crippen molar-refractivity contribution in [2.45, 2.75) is 32.2 Å². The fourth-order valence-electron chi connectivity index (χ4n) is 1.67. The van der Waals surface area contributed by atoms with Crippen molar-refractivity contribution in [3.8, 4) is 12.3 Å². The minimum atomic E-state index is -0.886. The summed E-state index contributed by atoms with van der Waals surface area (Å²) in [5.74, 6) is 1.63. The minimum Gasteiger partial charge on any atom is -0.481 e. The van der Waals surface area contributed by atoms with Crippen LogP contribution in [0.3, 0.4) is 0 Å². The average molecular weight is 274 g/mol. The van der Waals surface area contributed by atoms with E-state index in [0.717, 1.165) is 6.42 Å². The third kappa shape index (κ3) is 5.44. The summed E-state index contributed by atoms with van der Waals surface area (Å²) in [5, 5.41) is 14.1. The van der Waals surface area contributed by atoms with Crippen molar-refractivity contribution in [1.29, 1.82) is 0 Å². The van der Waals surface area contributed by atoms with E-state index in [9.17, 15) is 9.59 Å². The van der Waals surface area contributed by atoms with Crippen molar-refractivity contribution in [3.05, 3.63) is 29.8 Å². The molecule has 0 bridgehead atoms. The molecule has 5 heteroatoms. The maximum Gasteiger partial charge on any atom is 0.319 e. The Bertz CT molecular complexity index is 503. The topological polar surface area (TPSA) is 78.4 Å². The number of terminal acetylenes is 1. The molecular weight excluding hydrogens is 256 g/mol. The molecule has 3 N–H and O–H groups in total. The molecule has 0 saturated heterocycles. The van der Waals surface area contributed by atoms with E-state index in [1.807, 2.05) is 6.92 Å². The summed E-state index contributed by atoms with van der Waals surface area (Å²) in [5.41, 5.74) is 1.29. The standard InChI is InChI=1S/C15H18N2O3/c1-3-5-12(4-2)16-15(20)17-13-8-6-11(7-9-13)10-14(18)19/h1,6-9,12H,4-5,10H2,2H3,(H,18,19)(H2,16,17,20). The van der Waals surface area contributed by atoms with Gasteiger partial charge in [0.1, 0.15) is 0 Å². The number of nitrogens with one attached hydrogen (secondary N) is 2. The first kappa shape index (κ1) is 15.6. The van der Waals surface area contributed by atoms with E-state index in [1.165, 1.54) is 0 Å². The van der Waals surface area contributed by atoms with E-state index in [-0.39, 0.29) is 18.5 Å². The zero-order valence-electron chi connectivity index (χ0n) is 11.3. The van der Waals surface area contributed by atoms with Crippen LogP contribution >= 0.6 is 0 Å². The van der Waals surface area contributed by atoms with E-state index < -0.39 is 5.97 Å². The van der Waals surface area contributed by atoms with Gasteiger partial charge in [0.2, 0.25) is 0 Å². The molecule has 0 spiro atoms. The molecule has 20 heavy (non-hydrogen) atoms. The first-order chi connectivity index (χ1) is 9.55. The fourth-order valence-corrected chi connectivity index (χ4v) is 1.67. The van der Waals surface area contributed by atoms with E-state index in [2.05, 4.69) is 16.6 Å². The molecule has 0 aliphatic rings. The lowest BCUT2D eigenvalue weighted by atomic mass is 10.1. The summed E-state index contributed by atoms with van der Waals surface area (Å²) >= 11 is 0. The van der Waals surface area contributed by atoms with Crippen molar-refractivity contribution in [2.24, 2.45) is 0 Å². The van der Waals surface area contributed by atoms with Gasteiger partial charge in [0.15, 0.2) is 0 Å². The second-order valence-corrected chi connectivity index (χ2v) is 4.38. The normalized spacial score (nSPS) is 11.2. The lowest BCUT2D eigenvalue weighted by Crippen LogP contribution is -2.37. The number of amides is 2. The number of hydrogen-bond acceptors (Lipinski definition) is 2. The molecular formula is C15H18N2O3. The zero-order valence-corrected chi connectivity index (χ0v) is 11.3. The van der Waals surface area contributed by atoms with Crippen LogP contribution in [0, 0.1) is 12.3 Å². The van der Waals surface area contributed by atoms with Crippen molar-refractivity contribution >= 4 is 17.7 Å². The van der Waals surface area contributed by atoms with Gasteiger partial charge in [-0.05, 0) is 24.1 Å². The quantitative estimate of drug-likeness (QED) is 0.696. The van der Waals surface area contributed by atoms with Crippen LogP contribution in [0.5, 0.6) is 0 Å². The summed E-state index contributed by atoms with van der Waals surface area (Å²) in [6.07, 6.45) is 6.43. The molecule has 0 fully saturated rings.